The van der Waals surface area contributed by atoms with Gasteiger partial charge in [0.2, 0.25) is 0 Å². The van der Waals surface area contributed by atoms with Crippen LogP contribution in [0.25, 0.3) is 5.65 Å². The second-order valence-corrected chi connectivity index (χ2v) is 3.97. The molecule has 12 heavy (non-hydrogen) atoms. The maximum absolute atomic E-state index is 12.8. The van der Waals surface area contributed by atoms with E-state index in [0.29, 0.717) is 14.7 Å². The van der Waals surface area contributed by atoms with Crippen LogP contribution in [0.3, 0.4) is 0 Å². The molecule has 0 aliphatic heterocycles. The Kier molecular flexibility index (Phi) is 1.92. The van der Waals surface area contributed by atoms with Crippen LogP contribution in [0.2, 0.25) is 0 Å². The Morgan fingerprint density at radius 1 is 1.33 bits per heavy atom. The lowest BCUT2D eigenvalue weighted by Crippen LogP contribution is -1.86. The van der Waals surface area contributed by atoms with Crippen LogP contribution in [0.15, 0.2) is 27.5 Å². The van der Waals surface area contributed by atoms with E-state index in [4.69, 9.17) is 0 Å². The zero-order valence-electron chi connectivity index (χ0n) is 5.76. The van der Waals surface area contributed by atoms with Crippen LogP contribution >= 0.6 is 31.9 Å². The van der Waals surface area contributed by atoms with Gasteiger partial charge in [-0.3, -0.25) is 0 Å². The predicted octanol–water partition coefficient (Wildman–Crippen LogP) is 3.00. The van der Waals surface area contributed by atoms with Crippen LogP contribution in [-0.2, 0) is 0 Å². The summed E-state index contributed by atoms with van der Waals surface area (Å²) in [7, 11) is 0. The third kappa shape index (κ3) is 1.27. The first-order chi connectivity index (χ1) is 5.66. The van der Waals surface area contributed by atoms with Gasteiger partial charge in [0.15, 0.2) is 5.65 Å². The molecule has 2 aromatic rings. The van der Waals surface area contributed by atoms with Crippen molar-refractivity contribution < 1.29 is 4.39 Å². The summed E-state index contributed by atoms with van der Waals surface area (Å²) >= 11 is 6.42. The van der Waals surface area contributed by atoms with Crippen LogP contribution in [-0.4, -0.2) is 9.38 Å². The van der Waals surface area contributed by atoms with Gasteiger partial charge in [0.05, 0.1) is 4.47 Å². The largest absolute Gasteiger partial charge is 0.302 e. The highest BCUT2D eigenvalue weighted by atomic mass is 79.9. The molecule has 0 radical (unpaired) electrons. The van der Waals surface area contributed by atoms with Gasteiger partial charge in [-0.25, -0.2) is 9.37 Å². The molecule has 2 aromatic heterocycles. The topological polar surface area (TPSA) is 17.3 Å². The predicted molar refractivity (Wildman–Crippen MR) is 50.6 cm³/mol. The molecular formula is C7H3Br2FN2. The van der Waals surface area contributed by atoms with Crippen LogP contribution in [0.5, 0.6) is 0 Å². The van der Waals surface area contributed by atoms with Gasteiger partial charge >= 0.3 is 0 Å². The van der Waals surface area contributed by atoms with Gasteiger partial charge in [0.25, 0.3) is 0 Å². The van der Waals surface area contributed by atoms with Crippen LogP contribution in [0.4, 0.5) is 4.39 Å². The van der Waals surface area contributed by atoms with Crippen molar-refractivity contribution in [3.05, 3.63) is 33.4 Å². The highest BCUT2D eigenvalue weighted by molar-refractivity contribution is 9.11. The van der Waals surface area contributed by atoms with Crippen molar-refractivity contribution in [2.45, 2.75) is 0 Å². The highest BCUT2D eigenvalue weighted by Gasteiger charge is 2.04. The monoisotopic (exact) mass is 292 g/mol. The number of hydrogen-bond donors (Lipinski definition) is 0. The molecule has 0 unspecified atom stereocenters. The van der Waals surface area contributed by atoms with Gasteiger partial charge in [-0.1, -0.05) is 0 Å². The third-order valence-corrected chi connectivity index (χ3v) is 2.41. The molecule has 0 saturated carbocycles. The SMILES string of the molecule is Fc1cc(Br)c2nc(Br)cn2c1. The standard InChI is InChI=1S/C7H3Br2FN2/c8-5-1-4(10)2-12-3-6(9)11-7(5)12/h1-3H. The van der Waals surface area contributed by atoms with E-state index in [1.165, 1.54) is 12.3 Å². The molecule has 0 aromatic carbocycles. The van der Waals surface area contributed by atoms with Crippen LogP contribution in [0, 0.1) is 5.82 Å². The number of halogens is 3. The summed E-state index contributed by atoms with van der Waals surface area (Å²) in [6.07, 6.45) is 3.07. The molecule has 0 atom stereocenters. The fourth-order valence-electron chi connectivity index (χ4n) is 0.995. The molecule has 0 spiro atoms. The molecule has 0 saturated heterocycles. The first-order valence-corrected chi connectivity index (χ1v) is 4.74. The smallest absolute Gasteiger partial charge is 0.152 e. The summed E-state index contributed by atoms with van der Waals surface area (Å²) in [5.41, 5.74) is 0.697. The maximum Gasteiger partial charge on any atom is 0.152 e. The summed E-state index contributed by atoms with van der Waals surface area (Å²) in [6, 6.07) is 1.38. The van der Waals surface area contributed by atoms with Gasteiger partial charge < -0.3 is 4.40 Å². The molecule has 0 aliphatic carbocycles. The molecule has 0 aliphatic rings. The number of aromatic nitrogens is 2. The second kappa shape index (κ2) is 2.81. The van der Waals surface area contributed by atoms with E-state index < -0.39 is 0 Å². The van der Waals surface area contributed by atoms with Crippen molar-refractivity contribution in [1.82, 2.24) is 9.38 Å². The van der Waals surface area contributed by atoms with E-state index in [2.05, 4.69) is 36.8 Å². The van der Waals surface area contributed by atoms with Crippen molar-refractivity contribution >= 4 is 37.5 Å². The maximum atomic E-state index is 12.8. The minimum atomic E-state index is -0.292. The fraction of sp³-hybridized carbons (Fsp3) is 0. The van der Waals surface area contributed by atoms with Crippen molar-refractivity contribution in [2.75, 3.05) is 0 Å². The Bertz CT molecular complexity index is 438. The molecule has 5 heteroatoms. The minimum Gasteiger partial charge on any atom is -0.302 e. The van der Waals surface area contributed by atoms with E-state index in [9.17, 15) is 4.39 Å². The second-order valence-electron chi connectivity index (χ2n) is 2.30. The summed E-state index contributed by atoms with van der Waals surface area (Å²) in [4.78, 5) is 4.12. The number of nitrogens with zero attached hydrogens (tertiary/aromatic N) is 2. The van der Waals surface area contributed by atoms with E-state index >= 15 is 0 Å². The molecule has 0 N–H and O–H groups in total. The van der Waals surface area contributed by atoms with E-state index in [1.807, 2.05) is 0 Å². The Balaban J connectivity index is 2.88. The first-order valence-electron chi connectivity index (χ1n) is 3.16. The summed E-state index contributed by atoms with van der Waals surface area (Å²) in [6.45, 7) is 0. The molecular weight excluding hydrogens is 291 g/mol. The Morgan fingerprint density at radius 3 is 2.83 bits per heavy atom. The lowest BCUT2D eigenvalue weighted by Gasteiger charge is -1.95. The Morgan fingerprint density at radius 2 is 2.08 bits per heavy atom. The molecule has 0 bridgehead atoms. The lowest BCUT2D eigenvalue weighted by molar-refractivity contribution is 0.618. The van der Waals surface area contributed by atoms with E-state index in [1.54, 1.807) is 10.6 Å². The molecule has 2 nitrogen and oxygen atoms in total. The van der Waals surface area contributed by atoms with Crippen molar-refractivity contribution in [3.63, 3.8) is 0 Å². The molecule has 2 heterocycles. The Hall–Kier alpha value is -0.420. The number of rotatable bonds is 0. The van der Waals surface area contributed by atoms with Gasteiger partial charge in [-0.05, 0) is 37.9 Å². The number of fused-ring (bicyclic) bond motifs is 1. The quantitative estimate of drug-likeness (QED) is 0.730. The van der Waals surface area contributed by atoms with E-state index in [0.717, 1.165) is 0 Å². The average molecular weight is 294 g/mol. The molecule has 2 rings (SSSR count). The van der Waals surface area contributed by atoms with E-state index in [-0.39, 0.29) is 5.82 Å². The molecule has 0 amide bonds. The minimum absolute atomic E-state index is 0.292. The van der Waals surface area contributed by atoms with Crippen molar-refractivity contribution in [2.24, 2.45) is 0 Å². The zero-order valence-corrected chi connectivity index (χ0v) is 8.93. The Labute approximate surface area is 84.7 Å². The lowest BCUT2D eigenvalue weighted by atomic mass is 10.4. The average Bonchev–Trinajstić information content (AvgIpc) is 2.29. The number of hydrogen-bond acceptors (Lipinski definition) is 1. The van der Waals surface area contributed by atoms with Crippen molar-refractivity contribution in [3.8, 4) is 0 Å². The van der Waals surface area contributed by atoms with Crippen LogP contribution in [0.1, 0.15) is 0 Å². The van der Waals surface area contributed by atoms with Gasteiger partial charge in [-0.2, -0.15) is 0 Å². The number of pyridine rings is 1. The van der Waals surface area contributed by atoms with Gasteiger partial charge in [0.1, 0.15) is 10.4 Å². The normalized spacial score (nSPS) is 10.9. The van der Waals surface area contributed by atoms with Crippen molar-refractivity contribution in [1.29, 1.82) is 0 Å². The van der Waals surface area contributed by atoms with Crippen LogP contribution < -0.4 is 0 Å². The zero-order chi connectivity index (χ0) is 8.72. The highest BCUT2D eigenvalue weighted by Crippen LogP contribution is 2.20. The third-order valence-electron chi connectivity index (χ3n) is 1.44. The van der Waals surface area contributed by atoms with Gasteiger partial charge in [-0.15, -0.1) is 0 Å². The molecule has 62 valence electrons. The molecule has 0 fully saturated rings. The fourth-order valence-corrected chi connectivity index (χ4v) is 1.90. The summed E-state index contributed by atoms with van der Waals surface area (Å²) < 4.78 is 15.8. The van der Waals surface area contributed by atoms with Gasteiger partial charge in [0, 0.05) is 12.4 Å². The number of imidazole rings is 1. The summed E-state index contributed by atoms with van der Waals surface area (Å²) in [5, 5.41) is 0. The first kappa shape index (κ1) is 8.19. The summed E-state index contributed by atoms with van der Waals surface area (Å²) in [5.74, 6) is -0.292.